The highest BCUT2D eigenvalue weighted by atomic mass is 19.3. The van der Waals surface area contributed by atoms with Gasteiger partial charge in [0.2, 0.25) is 0 Å². The van der Waals surface area contributed by atoms with E-state index in [-0.39, 0.29) is 17.3 Å². The number of fused-ring (bicyclic) bond motifs is 1. The number of ether oxygens (including phenoxy) is 1. The molecule has 140 valence electrons. The first-order valence-electron chi connectivity index (χ1n) is 8.35. The topological polar surface area (TPSA) is 86.9 Å². The van der Waals surface area contributed by atoms with Crippen LogP contribution in [0.5, 0.6) is 5.75 Å². The van der Waals surface area contributed by atoms with Gasteiger partial charge in [0, 0.05) is 12.5 Å². The predicted molar refractivity (Wildman–Crippen MR) is 91.7 cm³/mol. The summed E-state index contributed by atoms with van der Waals surface area (Å²) < 4.78 is 30.8. The fourth-order valence-corrected chi connectivity index (χ4v) is 3.32. The van der Waals surface area contributed by atoms with Crippen LogP contribution in [0.3, 0.4) is 0 Å². The van der Waals surface area contributed by atoms with Crippen LogP contribution in [-0.4, -0.2) is 44.6 Å². The zero-order valence-electron chi connectivity index (χ0n) is 14.4. The Kier molecular flexibility index (Phi) is 4.35. The second kappa shape index (κ2) is 6.82. The maximum absolute atomic E-state index is 12.8. The quantitative estimate of drug-likeness (QED) is 0.736. The first-order valence-corrected chi connectivity index (χ1v) is 8.35. The molecule has 0 radical (unpaired) electrons. The van der Waals surface area contributed by atoms with Gasteiger partial charge in [-0.05, 0) is 23.8 Å². The van der Waals surface area contributed by atoms with Crippen molar-refractivity contribution in [2.45, 2.75) is 18.9 Å². The highest BCUT2D eigenvalue weighted by Gasteiger charge is 2.33. The van der Waals surface area contributed by atoms with Gasteiger partial charge in [0.1, 0.15) is 11.4 Å². The predicted octanol–water partition coefficient (Wildman–Crippen LogP) is 2.87. The minimum absolute atomic E-state index is 0.0299. The van der Waals surface area contributed by atoms with Gasteiger partial charge >= 0.3 is 0 Å². The van der Waals surface area contributed by atoms with Gasteiger partial charge in [0.15, 0.2) is 5.69 Å². The molecule has 0 spiro atoms. The molecular weight excluding hydrogens is 356 g/mol. The molecular formula is C18H17F2N5O2. The third kappa shape index (κ3) is 3.16. The molecule has 4 rings (SSSR count). The lowest BCUT2D eigenvalue weighted by atomic mass is 9.90. The molecule has 0 saturated carbocycles. The highest BCUT2D eigenvalue weighted by molar-refractivity contribution is 5.92. The number of carbonyl (C=O) groups is 1. The molecule has 2 N–H and O–H groups in total. The standard InChI is InChI=1S/C18H17F2N5O2/c1-27-11-4-2-3-10(5-11)12-7-25(8-15-16(12)22-9-21-15)18(26)14-6-13(17(19)20)23-24-14/h2-6,9,12,17H,7-8H2,1H3,(H,21,22)(H,23,24). The van der Waals surface area contributed by atoms with Crippen LogP contribution in [0.15, 0.2) is 36.7 Å². The SMILES string of the molecule is COc1cccc(C2CN(C(=O)c3cc(C(F)F)[nH]n3)Cc3[nH]cnc32)c1. The number of imidazole rings is 1. The summed E-state index contributed by atoms with van der Waals surface area (Å²) in [6.45, 7) is 0.673. The molecule has 7 nitrogen and oxygen atoms in total. The summed E-state index contributed by atoms with van der Waals surface area (Å²) in [6, 6.07) is 8.67. The van der Waals surface area contributed by atoms with E-state index in [1.165, 1.54) is 0 Å². The largest absolute Gasteiger partial charge is 0.497 e. The molecule has 3 aromatic rings. The van der Waals surface area contributed by atoms with Crippen molar-refractivity contribution in [3.05, 3.63) is 65.0 Å². The van der Waals surface area contributed by atoms with Crippen molar-refractivity contribution in [3.63, 3.8) is 0 Å². The first-order chi connectivity index (χ1) is 13.1. The Balaban J connectivity index is 1.65. The Morgan fingerprint density at radius 3 is 2.96 bits per heavy atom. The Labute approximate surface area is 153 Å². The summed E-state index contributed by atoms with van der Waals surface area (Å²) in [5.74, 6) is 0.140. The van der Waals surface area contributed by atoms with E-state index in [1.54, 1.807) is 18.3 Å². The Bertz CT molecular complexity index is 968. The normalized spacial score (nSPS) is 16.4. The van der Waals surface area contributed by atoms with Gasteiger partial charge < -0.3 is 14.6 Å². The van der Waals surface area contributed by atoms with Gasteiger partial charge in [-0.25, -0.2) is 13.8 Å². The smallest absolute Gasteiger partial charge is 0.279 e. The van der Waals surface area contributed by atoms with Gasteiger partial charge in [0.05, 0.1) is 31.4 Å². The van der Waals surface area contributed by atoms with Gasteiger partial charge in [0.25, 0.3) is 12.3 Å². The molecule has 1 aliphatic rings. The molecule has 0 fully saturated rings. The molecule has 1 aliphatic heterocycles. The van der Waals surface area contributed by atoms with Gasteiger partial charge in [-0.1, -0.05) is 12.1 Å². The zero-order chi connectivity index (χ0) is 19.0. The molecule has 27 heavy (non-hydrogen) atoms. The number of rotatable bonds is 4. The van der Waals surface area contributed by atoms with Crippen LogP contribution < -0.4 is 4.74 Å². The highest BCUT2D eigenvalue weighted by Crippen LogP contribution is 2.33. The number of alkyl halides is 2. The van der Waals surface area contributed by atoms with Crippen LogP contribution in [0.4, 0.5) is 8.78 Å². The van der Waals surface area contributed by atoms with E-state index < -0.39 is 12.3 Å². The third-order valence-corrected chi connectivity index (χ3v) is 4.67. The van der Waals surface area contributed by atoms with E-state index in [9.17, 15) is 13.6 Å². The fourth-order valence-electron chi connectivity index (χ4n) is 3.32. The summed E-state index contributed by atoms with van der Waals surface area (Å²) in [5.41, 5.74) is 2.23. The van der Waals surface area contributed by atoms with Crippen LogP contribution >= 0.6 is 0 Å². The fraction of sp³-hybridized carbons (Fsp3) is 0.278. The number of amides is 1. The van der Waals surface area contributed by atoms with E-state index >= 15 is 0 Å². The summed E-state index contributed by atoms with van der Waals surface area (Å²) in [7, 11) is 1.59. The van der Waals surface area contributed by atoms with E-state index in [1.807, 2.05) is 24.3 Å². The summed E-state index contributed by atoms with van der Waals surface area (Å²) in [6.07, 6.45) is -1.11. The second-order valence-corrected chi connectivity index (χ2v) is 6.29. The van der Waals surface area contributed by atoms with Crippen molar-refractivity contribution >= 4 is 5.91 Å². The van der Waals surface area contributed by atoms with Crippen molar-refractivity contribution in [1.82, 2.24) is 25.1 Å². The molecule has 1 amide bonds. The summed E-state index contributed by atoms with van der Waals surface area (Å²) in [5, 5.41) is 5.95. The Morgan fingerprint density at radius 1 is 1.37 bits per heavy atom. The number of aromatic nitrogens is 4. The molecule has 1 aromatic carbocycles. The van der Waals surface area contributed by atoms with Crippen molar-refractivity contribution in [2.24, 2.45) is 0 Å². The number of H-pyrrole nitrogens is 2. The molecule has 9 heteroatoms. The van der Waals surface area contributed by atoms with Crippen molar-refractivity contribution in [2.75, 3.05) is 13.7 Å². The van der Waals surface area contributed by atoms with Gasteiger partial charge in [-0.3, -0.25) is 9.89 Å². The van der Waals surface area contributed by atoms with Crippen molar-refractivity contribution in [1.29, 1.82) is 0 Å². The van der Waals surface area contributed by atoms with Crippen LogP contribution in [0.25, 0.3) is 0 Å². The zero-order valence-corrected chi connectivity index (χ0v) is 14.4. The average Bonchev–Trinajstić information content (AvgIpc) is 3.36. The van der Waals surface area contributed by atoms with Crippen LogP contribution in [0, 0.1) is 0 Å². The molecule has 0 saturated heterocycles. The van der Waals surface area contributed by atoms with E-state index in [4.69, 9.17) is 4.74 Å². The molecule has 2 aromatic heterocycles. The lowest BCUT2D eigenvalue weighted by molar-refractivity contribution is 0.0716. The molecule has 1 atom stereocenters. The van der Waals surface area contributed by atoms with Gasteiger partial charge in [-0.15, -0.1) is 0 Å². The molecule has 3 heterocycles. The molecule has 1 unspecified atom stereocenters. The lowest BCUT2D eigenvalue weighted by Crippen LogP contribution is -2.39. The maximum Gasteiger partial charge on any atom is 0.279 e. The molecule has 0 aliphatic carbocycles. The maximum atomic E-state index is 12.8. The van der Waals surface area contributed by atoms with Crippen molar-refractivity contribution < 1.29 is 18.3 Å². The average molecular weight is 373 g/mol. The number of halogens is 2. The minimum atomic E-state index is -2.70. The summed E-state index contributed by atoms with van der Waals surface area (Å²) in [4.78, 5) is 21.9. The van der Waals surface area contributed by atoms with E-state index in [0.717, 1.165) is 23.0 Å². The Hall–Kier alpha value is -3.23. The second-order valence-electron chi connectivity index (χ2n) is 6.29. The monoisotopic (exact) mass is 373 g/mol. The number of methoxy groups -OCH3 is 1. The van der Waals surface area contributed by atoms with Crippen LogP contribution in [0.1, 0.15) is 45.5 Å². The molecule has 0 bridgehead atoms. The third-order valence-electron chi connectivity index (χ3n) is 4.67. The number of hydrogen-bond acceptors (Lipinski definition) is 4. The lowest BCUT2D eigenvalue weighted by Gasteiger charge is -2.32. The van der Waals surface area contributed by atoms with Crippen molar-refractivity contribution in [3.8, 4) is 5.75 Å². The van der Waals surface area contributed by atoms with Gasteiger partial charge in [-0.2, -0.15) is 5.10 Å². The van der Waals surface area contributed by atoms with E-state index in [0.29, 0.717) is 18.8 Å². The van der Waals surface area contributed by atoms with E-state index in [2.05, 4.69) is 20.2 Å². The van der Waals surface area contributed by atoms with Crippen LogP contribution in [-0.2, 0) is 6.54 Å². The number of nitrogens with one attached hydrogen (secondary N) is 2. The number of benzene rings is 1. The van der Waals surface area contributed by atoms with Crippen LogP contribution in [0.2, 0.25) is 0 Å². The minimum Gasteiger partial charge on any atom is -0.497 e. The number of carbonyl (C=O) groups excluding carboxylic acids is 1. The number of aromatic amines is 2. The number of nitrogens with zero attached hydrogens (tertiary/aromatic N) is 3. The summed E-state index contributed by atoms with van der Waals surface area (Å²) >= 11 is 0. The number of hydrogen-bond donors (Lipinski definition) is 2. The Morgan fingerprint density at radius 2 is 2.22 bits per heavy atom. The first kappa shape index (κ1) is 17.2.